The molecule has 6 nitrogen and oxygen atoms in total. The van der Waals surface area contributed by atoms with Crippen molar-refractivity contribution in [1.29, 1.82) is 0 Å². The van der Waals surface area contributed by atoms with Gasteiger partial charge in [0.25, 0.3) is 5.91 Å². The van der Waals surface area contributed by atoms with Gasteiger partial charge in [-0.1, -0.05) is 15.9 Å². The first kappa shape index (κ1) is 14.3. The summed E-state index contributed by atoms with van der Waals surface area (Å²) in [7, 11) is 0. The zero-order valence-electron chi connectivity index (χ0n) is 10.7. The third kappa shape index (κ3) is 3.92. The standard InChI is InChI=1S/C13H12BrN3O3/c1-9(18)13(19)16-11-6-15-17(7-11)8-20-12-4-2-10(14)3-5-12/h2-7H,8H2,1H3,(H,16,19). The zero-order chi connectivity index (χ0) is 14.5. The molecule has 0 aliphatic carbocycles. The Morgan fingerprint density at radius 2 is 2.05 bits per heavy atom. The number of nitrogens with zero attached hydrogens (tertiary/aromatic N) is 2. The summed E-state index contributed by atoms with van der Waals surface area (Å²) in [6.45, 7) is 1.41. The Balaban J connectivity index is 1.91. The van der Waals surface area contributed by atoms with Crippen molar-refractivity contribution in [2.75, 3.05) is 5.32 Å². The van der Waals surface area contributed by atoms with Crippen LogP contribution in [-0.2, 0) is 16.3 Å². The van der Waals surface area contributed by atoms with Gasteiger partial charge in [0.05, 0.1) is 18.1 Å². The van der Waals surface area contributed by atoms with Crippen LogP contribution in [0.4, 0.5) is 5.69 Å². The molecule has 0 atom stereocenters. The highest BCUT2D eigenvalue weighted by Crippen LogP contribution is 2.16. The maximum atomic E-state index is 11.2. The molecule has 20 heavy (non-hydrogen) atoms. The van der Waals surface area contributed by atoms with Crippen LogP contribution in [-0.4, -0.2) is 21.5 Å². The van der Waals surface area contributed by atoms with Gasteiger partial charge < -0.3 is 10.1 Å². The van der Waals surface area contributed by atoms with Gasteiger partial charge in [0.1, 0.15) is 5.75 Å². The molecule has 1 N–H and O–H groups in total. The Bertz CT molecular complexity index is 622. The number of amides is 1. The fraction of sp³-hybridized carbons (Fsp3) is 0.154. The highest BCUT2D eigenvalue weighted by molar-refractivity contribution is 9.10. The second-order valence-electron chi connectivity index (χ2n) is 4.01. The second kappa shape index (κ2) is 6.33. The Kier molecular flexibility index (Phi) is 4.52. The molecular formula is C13H12BrN3O3. The lowest BCUT2D eigenvalue weighted by molar-refractivity contribution is -0.133. The number of rotatable bonds is 5. The van der Waals surface area contributed by atoms with Crippen LogP contribution >= 0.6 is 15.9 Å². The summed E-state index contributed by atoms with van der Waals surface area (Å²) in [4.78, 5) is 22.0. The molecule has 0 spiro atoms. The van der Waals surface area contributed by atoms with Crippen LogP contribution in [0.5, 0.6) is 5.75 Å². The minimum atomic E-state index is -0.668. The number of ketones is 1. The van der Waals surface area contributed by atoms with Gasteiger partial charge in [-0.2, -0.15) is 5.10 Å². The molecule has 0 radical (unpaired) electrons. The van der Waals surface area contributed by atoms with E-state index >= 15 is 0 Å². The minimum absolute atomic E-state index is 0.206. The maximum absolute atomic E-state index is 11.2. The van der Waals surface area contributed by atoms with E-state index in [-0.39, 0.29) is 6.73 Å². The van der Waals surface area contributed by atoms with Crippen molar-refractivity contribution in [2.45, 2.75) is 13.7 Å². The predicted molar refractivity (Wildman–Crippen MR) is 76.3 cm³/mol. The summed E-state index contributed by atoms with van der Waals surface area (Å²) >= 11 is 3.34. The molecule has 0 aliphatic heterocycles. The highest BCUT2D eigenvalue weighted by atomic mass is 79.9. The van der Waals surface area contributed by atoms with E-state index in [1.807, 2.05) is 24.3 Å². The molecule has 1 amide bonds. The van der Waals surface area contributed by atoms with Crippen LogP contribution in [0, 0.1) is 0 Å². The van der Waals surface area contributed by atoms with Crippen LogP contribution in [0.1, 0.15) is 6.92 Å². The molecule has 0 fully saturated rings. The monoisotopic (exact) mass is 337 g/mol. The van der Waals surface area contributed by atoms with E-state index < -0.39 is 11.7 Å². The van der Waals surface area contributed by atoms with Crippen molar-refractivity contribution in [1.82, 2.24) is 9.78 Å². The van der Waals surface area contributed by atoms with E-state index in [4.69, 9.17) is 4.74 Å². The normalized spacial score (nSPS) is 10.1. The summed E-state index contributed by atoms with van der Waals surface area (Å²) in [5, 5.41) is 6.45. The second-order valence-corrected chi connectivity index (χ2v) is 4.92. The zero-order valence-corrected chi connectivity index (χ0v) is 12.3. The number of anilines is 1. The molecule has 7 heteroatoms. The molecule has 104 valence electrons. The maximum Gasteiger partial charge on any atom is 0.291 e. The van der Waals surface area contributed by atoms with Gasteiger partial charge in [0.15, 0.2) is 6.73 Å². The Morgan fingerprint density at radius 1 is 1.35 bits per heavy atom. The largest absolute Gasteiger partial charge is 0.471 e. The number of benzene rings is 1. The number of aromatic nitrogens is 2. The number of hydrogen-bond donors (Lipinski definition) is 1. The average Bonchev–Trinajstić information content (AvgIpc) is 2.85. The van der Waals surface area contributed by atoms with Crippen LogP contribution in [0.25, 0.3) is 0 Å². The Hall–Kier alpha value is -2.15. The number of hydrogen-bond acceptors (Lipinski definition) is 4. The molecule has 0 aliphatic rings. The summed E-state index contributed by atoms with van der Waals surface area (Å²) < 4.78 is 8.00. The van der Waals surface area contributed by atoms with Crippen LogP contribution in [0.3, 0.4) is 0 Å². The van der Waals surface area contributed by atoms with Crippen LogP contribution in [0.15, 0.2) is 41.1 Å². The van der Waals surface area contributed by atoms with Crippen LogP contribution in [0.2, 0.25) is 0 Å². The number of ether oxygens (including phenoxy) is 1. The summed E-state index contributed by atoms with van der Waals surface area (Å²) in [6.07, 6.45) is 3.03. The number of halogens is 1. The molecule has 2 aromatic rings. The molecule has 0 unspecified atom stereocenters. The average molecular weight is 338 g/mol. The SMILES string of the molecule is CC(=O)C(=O)Nc1cnn(COc2ccc(Br)cc2)c1. The van der Waals surface area contributed by atoms with Crippen molar-refractivity contribution in [3.05, 3.63) is 41.1 Å². The first-order valence-electron chi connectivity index (χ1n) is 5.77. The number of carbonyl (C=O) groups is 2. The molecular weight excluding hydrogens is 326 g/mol. The lowest BCUT2D eigenvalue weighted by Gasteiger charge is -2.05. The molecule has 1 aromatic carbocycles. The number of Topliss-reactive ketones (excluding diaryl/α,β-unsaturated/α-hetero) is 1. The smallest absolute Gasteiger partial charge is 0.291 e. The van der Waals surface area contributed by atoms with E-state index in [9.17, 15) is 9.59 Å². The topological polar surface area (TPSA) is 73.2 Å². The van der Waals surface area contributed by atoms with Crippen molar-refractivity contribution in [2.24, 2.45) is 0 Å². The highest BCUT2D eigenvalue weighted by Gasteiger charge is 2.08. The van der Waals surface area contributed by atoms with Gasteiger partial charge in [-0.05, 0) is 24.3 Å². The lowest BCUT2D eigenvalue weighted by Crippen LogP contribution is -2.19. The van der Waals surface area contributed by atoms with E-state index in [0.717, 1.165) is 4.47 Å². The molecule has 0 saturated carbocycles. The quantitative estimate of drug-likeness (QED) is 0.849. The van der Waals surface area contributed by atoms with Crippen molar-refractivity contribution < 1.29 is 14.3 Å². The summed E-state index contributed by atoms with van der Waals surface area (Å²) in [5.74, 6) is -0.514. The fourth-order valence-electron chi connectivity index (χ4n) is 1.39. The molecule has 0 bridgehead atoms. The molecule has 0 saturated heterocycles. The predicted octanol–water partition coefficient (Wildman–Crippen LogP) is 2.21. The Morgan fingerprint density at radius 3 is 2.70 bits per heavy atom. The van der Waals surface area contributed by atoms with Gasteiger partial charge in [0.2, 0.25) is 5.78 Å². The van der Waals surface area contributed by atoms with Crippen molar-refractivity contribution in [3.63, 3.8) is 0 Å². The molecule has 2 rings (SSSR count). The first-order chi connectivity index (χ1) is 9.54. The van der Waals surface area contributed by atoms with Crippen molar-refractivity contribution in [3.8, 4) is 5.75 Å². The lowest BCUT2D eigenvalue weighted by atomic mass is 10.3. The summed E-state index contributed by atoms with van der Waals surface area (Å²) in [6, 6.07) is 7.39. The van der Waals surface area contributed by atoms with Crippen molar-refractivity contribution >= 4 is 33.3 Å². The van der Waals surface area contributed by atoms with Gasteiger partial charge in [-0.3, -0.25) is 9.59 Å². The number of carbonyl (C=O) groups excluding carboxylic acids is 2. The third-order valence-electron chi connectivity index (χ3n) is 2.39. The van der Waals surface area contributed by atoms with Gasteiger partial charge in [0, 0.05) is 11.4 Å². The van der Waals surface area contributed by atoms with E-state index in [0.29, 0.717) is 11.4 Å². The van der Waals surface area contributed by atoms with Gasteiger partial charge >= 0.3 is 0 Å². The molecule has 1 heterocycles. The van der Waals surface area contributed by atoms with Gasteiger partial charge in [-0.25, -0.2) is 4.68 Å². The van der Waals surface area contributed by atoms with E-state index in [2.05, 4.69) is 26.3 Å². The number of nitrogens with one attached hydrogen (secondary N) is 1. The van der Waals surface area contributed by atoms with E-state index in [1.54, 1.807) is 6.20 Å². The molecule has 1 aromatic heterocycles. The Labute approximate surface area is 123 Å². The minimum Gasteiger partial charge on any atom is -0.471 e. The van der Waals surface area contributed by atoms with E-state index in [1.165, 1.54) is 17.8 Å². The van der Waals surface area contributed by atoms with Gasteiger partial charge in [-0.15, -0.1) is 0 Å². The fourth-order valence-corrected chi connectivity index (χ4v) is 1.65. The first-order valence-corrected chi connectivity index (χ1v) is 6.56. The summed E-state index contributed by atoms with van der Waals surface area (Å²) in [5.41, 5.74) is 0.449. The third-order valence-corrected chi connectivity index (χ3v) is 2.92. The van der Waals surface area contributed by atoms with Crippen LogP contribution < -0.4 is 10.1 Å².